The molecular weight excluding hydrogens is 441 g/mol. The van der Waals surface area contributed by atoms with Crippen LogP contribution >= 0.6 is 0 Å². The lowest BCUT2D eigenvalue weighted by Gasteiger charge is -2.27. The quantitative estimate of drug-likeness (QED) is 0.404. The van der Waals surface area contributed by atoms with Gasteiger partial charge < -0.3 is 14.2 Å². The molecule has 0 bridgehead atoms. The lowest BCUT2D eigenvalue weighted by atomic mass is 9.92. The Kier molecular flexibility index (Phi) is 7.91. The van der Waals surface area contributed by atoms with Crippen molar-refractivity contribution in [2.45, 2.75) is 38.9 Å². The summed E-state index contributed by atoms with van der Waals surface area (Å²) in [6, 6.07) is 11.6. The van der Waals surface area contributed by atoms with Gasteiger partial charge in [-0.25, -0.2) is 13.2 Å². The average molecular weight is 471 g/mol. The van der Waals surface area contributed by atoms with Crippen LogP contribution in [0.4, 0.5) is 13.2 Å². The maximum Gasteiger partial charge on any atom is 0.192 e. The van der Waals surface area contributed by atoms with Gasteiger partial charge in [0.1, 0.15) is 18.2 Å². The van der Waals surface area contributed by atoms with Crippen molar-refractivity contribution in [2.75, 3.05) is 19.8 Å². The maximum absolute atomic E-state index is 14.9. The van der Waals surface area contributed by atoms with Gasteiger partial charge in [-0.2, -0.15) is 0 Å². The average Bonchev–Trinajstić information content (AvgIpc) is 2.85. The minimum absolute atomic E-state index is 0.0174. The highest BCUT2D eigenvalue weighted by atomic mass is 19.2. The highest BCUT2D eigenvalue weighted by Gasteiger charge is 2.32. The number of benzene rings is 2. The van der Waals surface area contributed by atoms with Crippen molar-refractivity contribution in [1.29, 1.82) is 0 Å². The molecule has 1 fully saturated rings. The van der Waals surface area contributed by atoms with Crippen molar-refractivity contribution in [3.05, 3.63) is 89.5 Å². The fourth-order valence-electron chi connectivity index (χ4n) is 3.97. The van der Waals surface area contributed by atoms with E-state index in [9.17, 15) is 13.2 Å². The number of hydrogen-bond acceptors (Lipinski definition) is 3. The molecule has 0 amide bonds. The molecular formula is C28H29F3O3. The Balaban J connectivity index is 1.48. The van der Waals surface area contributed by atoms with Crippen LogP contribution in [0.25, 0.3) is 16.7 Å². The maximum atomic E-state index is 14.9. The number of ether oxygens (including phenoxy) is 3. The van der Waals surface area contributed by atoms with Crippen molar-refractivity contribution in [3.63, 3.8) is 0 Å². The second-order valence-electron chi connectivity index (χ2n) is 8.61. The van der Waals surface area contributed by atoms with Crippen LogP contribution in [0.2, 0.25) is 0 Å². The topological polar surface area (TPSA) is 27.7 Å². The van der Waals surface area contributed by atoms with E-state index in [1.807, 2.05) is 19.9 Å². The summed E-state index contributed by atoms with van der Waals surface area (Å²) in [5, 5.41) is 0. The molecule has 0 aromatic heterocycles. The third kappa shape index (κ3) is 5.45. The number of halogens is 3. The SMILES string of the molecule is CC/C=C/COC1=CC=C(c2ccc(-c3ccc(C4OCC(C)CO4)cc3F)cc2)C(F)C1F. The lowest BCUT2D eigenvalue weighted by molar-refractivity contribution is -0.202. The van der Waals surface area contributed by atoms with Crippen LogP contribution in [-0.4, -0.2) is 32.2 Å². The molecule has 6 heteroatoms. The van der Waals surface area contributed by atoms with E-state index in [1.54, 1.807) is 42.5 Å². The highest BCUT2D eigenvalue weighted by molar-refractivity contribution is 5.75. The molecule has 4 rings (SSSR count). The standard InChI is InChI=1S/C28H29F3O3/c1-3-4-5-14-32-25-13-12-23(26(30)27(25)31)20-8-6-19(7-9-20)22-11-10-21(15-24(22)29)28-33-16-18(2)17-34-28/h4-13,15,18,26-28H,3,14,16-17H2,1-2H3/b5-4+. The van der Waals surface area contributed by atoms with Gasteiger partial charge in [-0.1, -0.05) is 68.5 Å². The van der Waals surface area contributed by atoms with E-state index in [-0.39, 0.29) is 17.9 Å². The predicted octanol–water partition coefficient (Wildman–Crippen LogP) is 7.11. The smallest absolute Gasteiger partial charge is 0.192 e. The minimum Gasteiger partial charge on any atom is -0.491 e. The van der Waals surface area contributed by atoms with Crippen LogP contribution in [0.3, 0.4) is 0 Å². The molecule has 2 unspecified atom stereocenters. The Bertz CT molecular complexity index is 1070. The van der Waals surface area contributed by atoms with Gasteiger partial charge in [0, 0.05) is 17.0 Å². The molecule has 0 radical (unpaired) electrons. The zero-order valence-electron chi connectivity index (χ0n) is 19.3. The highest BCUT2D eigenvalue weighted by Crippen LogP contribution is 2.34. The molecule has 1 heterocycles. The first-order valence-electron chi connectivity index (χ1n) is 11.6. The van der Waals surface area contributed by atoms with Crippen LogP contribution in [-0.2, 0) is 14.2 Å². The molecule has 1 aliphatic carbocycles. The van der Waals surface area contributed by atoms with E-state index in [2.05, 4.69) is 0 Å². The molecule has 2 atom stereocenters. The summed E-state index contributed by atoms with van der Waals surface area (Å²) in [5.74, 6) is -0.106. The molecule has 1 aliphatic heterocycles. The third-order valence-corrected chi connectivity index (χ3v) is 5.86. The fourth-order valence-corrected chi connectivity index (χ4v) is 3.97. The van der Waals surface area contributed by atoms with Crippen LogP contribution < -0.4 is 0 Å². The Morgan fingerprint density at radius 3 is 2.32 bits per heavy atom. The second kappa shape index (κ2) is 11.1. The number of rotatable bonds is 7. The molecule has 0 N–H and O–H groups in total. The van der Waals surface area contributed by atoms with Crippen molar-refractivity contribution >= 4 is 5.57 Å². The Morgan fingerprint density at radius 2 is 1.65 bits per heavy atom. The summed E-state index contributed by atoms with van der Waals surface area (Å²) in [7, 11) is 0. The molecule has 1 saturated heterocycles. The zero-order valence-corrected chi connectivity index (χ0v) is 19.3. The predicted molar refractivity (Wildman–Crippen MR) is 127 cm³/mol. The summed E-state index contributed by atoms with van der Waals surface area (Å²) in [4.78, 5) is 0. The van der Waals surface area contributed by atoms with E-state index < -0.39 is 24.5 Å². The summed E-state index contributed by atoms with van der Waals surface area (Å²) < 4.78 is 60.9. The van der Waals surface area contributed by atoms with Gasteiger partial charge in [-0.3, -0.25) is 0 Å². The van der Waals surface area contributed by atoms with Crippen LogP contribution in [0, 0.1) is 11.7 Å². The van der Waals surface area contributed by atoms with Crippen LogP contribution in [0.15, 0.2) is 72.5 Å². The normalized spacial score (nSPS) is 25.2. The number of allylic oxidation sites excluding steroid dienone is 5. The first kappa shape index (κ1) is 24.3. The van der Waals surface area contributed by atoms with E-state index in [4.69, 9.17) is 14.2 Å². The minimum atomic E-state index is -1.87. The molecule has 0 spiro atoms. The Hall–Kier alpha value is -2.83. The van der Waals surface area contributed by atoms with Crippen molar-refractivity contribution in [3.8, 4) is 11.1 Å². The molecule has 2 aromatic rings. The first-order chi connectivity index (χ1) is 16.5. The molecule has 3 nitrogen and oxygen atoms in total. The van der Waals surface area contributed by atoms with E-state index in [0.29, 0.717) is 41.4 Å². The summed E-state index contributed by atoms with van der Waals surface area (Å²) >= 11 is 0. The zero-order chi connectivity index (χ0) is 24.1. The third-order valence-electron chi connectivity index (χ3n) is 5.86. The van der Waals surface area contributed by atoms with Gasteiger partial charge in [0.2, 0.25) is 0 Å². The molecule has 180 valence electrons. The Labute approximate surface area is 198 Å². The summed E-state index contributed by atoms with van der Waals surface area (Å²) in [6.45, 7) is 5.35. The van der Waals surface area contributed by atoms with Crippen molar-refractivity contribution in [1.82, 2.24) is 0 Å². The van der Waals surface area contributed by atoms with E-state index in [1.165, 1.54) is 18.2 Å². The summed E-state index contributed by atoms with van der Waals surface area (Å²) in [5.41, 5.74) is 2.44. The number of hydrogen-bond donors (Lipinski definition) is 0. The fraction of sp³-hybridized carbons (Fsp3) is 0.357. The number of alkyl halides is 2. The van der Waals surface area contributed by atoms with Crippen molar-refractivity contribution < 1.29 is 27.4 Å². The van der Waals surface area contributed by atoms with Gasteiger partial charge in [0.05, 0.1) is 13.2 Å². The second-order valence-corrected chi connectivity index (χ2v) is 8.61. The molecule has 2 aromatic carbocycles. The lowest BCUT2D eigenvalue weighted by Crippen LogP contribution is -2.25. The monoisotopic (exact) mass is 470 g/mol. The van der Waals surface area contributed by atoms with Gasteiger partial charge in [0.15, 0.2) is 18.6 Å². The molecule has 2 aliphatic rings. The first-order valence-corrected chi connectivity index (χ1v) is 11.6. The molecule has 34 heavy (non-hydrogen) atoms. The van der Waals surface area contributed by atoms with Gasteiger partial charge >= 0.3 is 0 Å². The van der Waals surface area contributed by atoms with Gasteiger partial charge in [-0.15, -0.1) is 0 Å². The Morgan fingerprint density at radius 1 is 0.941 bits per heavy atom. The van der Waals surface area contributed by atoms with Gasteiger partial charge in [-0.05, 0) is 35.3 Å². The van der Waals surface area contributed by atoms with E-state index in [0.717, 1.165) is 6.42 Å². The summed E-state index contributed by atoms with van der Waals surface area (Å²) in [6.07, 6.45) is 3.26. The van der Waals surface area contributed by atoms with Crippen molar-refractivity contribution in [2.24, 2.45) is 5.92 Å². The largest absolute Gasteiger partial charge is 0.491 e. The van der Waals surface area contributed by atoms with Gasteiger partial charge in [0.25, 0.3) is 0 Å². The van der Waals surface area contributed by atoms with Crippen LogP contribution in [0.5, 0.6) is 0 Å². The van der Waals surface area contributed by atoms with E-state index >= 15 is 0 Å². The van der Waals surface area contributed by atoms with Crippen LogP contribution in [0.1, 0.15) is 37.7 Å². The molecule has 0 saturated carbocycles.